The summed E-state index contributed by atoms with van der Waals surface area (Å²) in [5.41, 5.74) is 0.505. The monoisotopic (exact) mass is 645 g/mol. The number of amides is 1. The first kappa shape index (κ1) is 37.6. The fraction of sp³-hybridized carbons (Fsp3) is 0.698. The molecule has 47 heavy (non-hydrogen) atoms. The van der Waals surface area contributed by atoms with Gasteiger partial charge in [0.1, 0.15) is 0 Å². The largest absolute Gasteiger partial charge is 0.338 e. The maximum Gasteiger partial charge on any atom is 0.257 e. The lowest BCUT2D eigenvalue weighted by atomic mass is 9.72. The van der Waals surface area contributed by atoms with Crippen LogP contribution in [0.5, 0.6) is 0 Å². The number of nitrogens with zero attached hydrogens (tertiary/aromatic N) is 1. The Morgan fingerprint density at radius 3 is 1.38 bits per heavy atom. The van der Waals surface area contributed by atoms with Crippen molar-refractivity contribution in [2.75, 3.05) is 6.54 Å². The zero-order chi connectivity index (χ0) is 33.6. The van der Waals surface area contributed by atoms with E-state index >= 15 is 0 Å². The van der Waals surface area contributed by atoms with Gasteiger partial charge in [0.2, 0.25) is 0 Å². The molecule has 2 aromatic rings. The lowest BCUT2D eigenvalue weighted by Crippen LogP contribution is -2.65. The Morgan fingerprint density at radius 1 is 0.596 bits per heavy atom. The first-order valence-corrected chi connectivity index (χ1v) is 19.5. The van der Waals surface area contributed by atoms with Crippen molar-refractivity contribution in [2.24, 2.45) is 0 Å². The summed E-state index contributed by atoms with van der Waals surface area (Å²) in [6, 6.07) is 21.3. The van der Waals surface area contributed by atoms with Crippen LogP contribution in [0, 0.1) is 0 Å². The maximum atomic E-state index is 14.8. The third-order valence-corrected chi connectivity index (χ3v) is 10.5. The van der Waals surface area contributed by atoms with E-state index in [-0.39, 0.29) is 17.0 Å². The molecular formula is C43H68N2O2. The second-order valence-electron chi connectivity index (χ2n) is 16.4. The van der Waals surface area contributed by atoms with Crippen LogP contribution in [0.2, 0.25) is 0 Å². The third-order valence-electron chi connectivity index (χ3n) is 10.5. The number of hydrogen-bond donors (Lipinski definition) is 1. The predicted octanol–water partition coefficient (Wildman–Crippen LogP) is 11.0. The molecule has 2 aromatic carbocycles. The molecule has 1 amide bonds. The van der Waals surface area contributed by atoms with Crippen molar-refractivity contribution in [1.82, 2.24) is 10.2 Å². The number of carbonyl (C=O) groups excluding carboxylic acids is 1. The molecule has 2 heterocycles. The highest BCUT2D eigenvalue weighted by atomic mass is 16.6. The summed E-state index contributed by atoms with van der Waals surface area (Å²) in [6.07, 6.45) is 24.3. The lowest BCUT2D eigenvalue weighted by molar-refractivity contribution is -0.169. The fourth-order valence-corrected chi connectivity index (χ4v) is 8.89. The molecule has 0 aliphatic carbocycles. The maximum absolute atomic E-state index is 14.8. The van der Waals surface area contributed by atoms with Gasteiger partial charge in [-0.1, -0.05) is 164 Å². The van der Waals surface area contributed by atoms with Crippen LogP contribution < -0.4 is 5.32 Å². The molecule has 0 aromatic heterocycles. The smallest absolute Gasteiger partial charge is 0.257 e. The summed E-state index contributed by atoms with van der Waals surface area (Å²) in [5.74, 6) is 0.202. The molecule has 0 radical (unpaired) electrons. The van der Waals surface area contributed by atoms with Crippen LogP contribution in [0.3, 0.4) is 0 Å². The number of benzene rings is 2. The van der Waals surface area contributed by atoms with Crippen molar-refractivity contribution in [1.29, 1.82) is 0 Å². The van der Waals surface area contributed by atoms with Crippen LogP contribution in [0.4, 0.5) is 0 Å². The van der Waals surface area contributed by atoms with Gasteiger partial charge >= 0.3 is 0 Å². The summed E-state index contributed by atoms with van der Waals surface area (Å²) in [4.78, 5) is 17.0. The van der Waals surface area contributed by atoms with Crippen LogP contribution in [0.25, 0.3) is 0 Å². The highest BCUT2D eigenvalue weighted by molar-refractivity contribution is 5.88. The zero-order valence-electron chi connectivity index (χ0n) is 30.9. The number of hydrogen-bond acceptors (Lipinski definition) is 3. The zero-order valence-corrected chi connectivity index (χ0v) is 30.9. The minimum Gasteiger partial charge on any atom is -0.338 e. The Kier molecular flexibility index (Phi) is 14.4. The fourth-order valence-electron chi connectivity index (χ4n) is 8.89. The highest BCUT2D eigenvalue weighted by Crippen LogP contribution is 2.49. The molecule has 0 bridgehead atoms. The second-order valence-corrected chi connectivity index (χ2v) is 16.4. The third kappa shape index (κ3) is 11.5. The molecular weight excluding hydrogens is 576 g/mol. The molecule has 2 aliphatic rings. The molecule has 0 saturated carbocycles. The summed E-state index contributed by atoms with van der Waals surface area (Å²) in [5, 5.41) is 3.80. The normalized spacial score (nSPS) is 19.4. The molecule has 4 rings (SSSR count). The van der Waals surface area contributed by atoms with E-state index < -0.39 is 11.3 Å². The first-order chi connectivity index (χ1) is 22.6. The van der Waals surface area contributed by atoms with Crippen LogP contribution in [-0.4, -0.2) is 39.8 Å². The first-order valence-electron chi connectivity index (χ1n) is 19.5. The highest BCUT2D eigenvalue weighted by Gasteiger charge is 2.64. The van der Waals surface area contributed by atoms with Gasteiger partial charge in [-0.3, -0.25) is 4.79 Å². The van der Waals surface area contributed by atoms with Crippen molar-refractivity contribution >= 4 is 5.91 Å². The van der Waals surface area contributed by atoms with Gasteiger partial charge in [-0.2, -0.15) is 0 Å². The van der Waals surface area contributed by atoms with Crippen LogP contribution >= 0.6 is 0 Å². The average molecular weight is 645 g/mol. The van der Waals surface area contributed by atoms with Gasteiger partial charge in [0.05, 0.1) is 0 Å². The summed E-state index contributed by atoms with van der Waals surface area (Å²) < 4.78 is 7.40. The second kappa shape index (κ2) is 18.0. The van der Waals surface area contributed by atoms with Gasteiger partial charge in [0.15, 0.2) is 11.3 Å². The molecule has 4 nitrogen and oxygen atoms in total. The lowest BCUT2D eigenvalue weighted by Gasteiger charge is -2.50. The predicted molar refractivity (Wildman–Crippen MR) is 199 cm³/mol. The number of unbranched alkanes of at least 4 members (excludes halogenated alkanes) is 15. The molecule has 1 spiro atoms. The van der Waals surface area contributed by atoms with Crippen LogP contribution in [0.1, 0.15) is 161 Å². The topological polar surface area (TPSA) is 41.6 Å². The van der Waals surface area contributed by atoms with E-state index in [1.54, 1.807) is 0 Å². The Morgan fingerprint density at radius 2 is 0.979 bits per heavy atom. The summed E-state index contributed by atoms with van der Waals surface area (Å²) in [6.45, 7) is 11.9. The summed E-state index contributed by atoms with van der Waals surface area (Å²) >= 11 is 0. The van der Waals surface area contributed by atoms with E-state index in [0.717, 1.165) is 13.0 Å². The Labute approximate surface area is 288 Å². The van der Waals surface area contributed by atoms with Crippen molar-refractivity contribution in [3.8, 4) is 0 Å². The van der Waals surface area contributed by atoms with Crippen LogP contribution in [-0.2, 0) is 22.4 Å². The molecule has 1 N–H and O–H groups in total. The van der Waals surface area contributed by atoms with E-state index in [0.29, 0.717) is 25.7 Å². The Hall–Kier alpha value is -2.17. The standard InChI is InChI=1S/C43H68N2O2/c1-6-7-8-9-10-11-12-13-14-15-16-17-18-19-20-27-32-45-39(46)42(35-40(2,3)44-41(4,5)36-42)47-43(45,33-37-28-23-21-24-29-37)34-38-30-25-22-26-31-38/h21-26,28-31,44H,6-20,27,32-36H2,1-5H3. The number of rotatable bonds is 21. The molecule has 2 fully saturated rings. The van der Waals surface area contributed by atoms with Gasteiger partial charge < -0.3 is 15.0 Å². The van der Waals surface area contributed by atoms with E-state index in [9.17, 15) is 4.79 Å². The molecule has 2 saturated heterocycles. The van der Waals surface area contributed by atoms with Gasteiger partial charge in [-0.15, -0.1) is 0 Å². The van der Waals surface area contributed by atoms with Crippen molar-refractivity contribution in [2.45, 2.75) is 185 Å². The van der Waals surface area contributed by atoms with Gasteiger partial charge in [0, 0.05) is 43.3 Å². The van der Waals surface area contributed by atoms with Gasteiger partial charge in [-0.05, 0) is 45.2 Å². The Bertz CT molecular complexity index is 1120. The van der Waals surface area contributed by atoms with Gasteiger partial charge in [-0.25, -0.2) is 0 Å². The number of nitrogens with one attached hydrogen (secondary N) is 1. The van der Waals surface area contributed by atoms with E-state index in [4.69, 9.17) is 4.74 Å². The number of ether oxygens (including phenoxy) is 1. The van der Waals surface area contributed by atoms with Crippen molar-refractivity contribution < 1.29 is 9.53 Å². The van der Waals surface area contributed by atoms with Crippen LogP contribution in [0.15, 0.2) is 60.7 Å². The Balaban J connectivity index is 1.35. The minimum atomic E-state index is -0.823. The van der Waals surface area contributed by atoms with E-state index in [2.05, 4.69) is 105 Å². The van der Waals surface area contributed by atoms with Gasteiger partial charge in [0.25, 0.3) is 5.91 Å². The van der Waals surface area contributed by atoms with Crippen molar-refractivity contribution in [3.05, 3.63) is 71.8 Å². The molecule has 262 valence electrons. The number of carbonyl (C=O) groups is 1. The number of piperidine rings is 1. The van der Waals surface area contributed by atoms with E-state index in [1.807, 2.05) is 0 Å². The minimum absolute atomic E-state index is 0.201. The molecule has 0 atom stereocenters. The SMILES string of the molecule is CCCCCCCCCCCCCCCCCCN1C(=O)C2(CC(C)(C)NC(C)(C)C2)OC1(Cc1ccccc1)Cc1ccccc1. The summed E-state index contributed by atoms with van der Waals surface area (Å²) in [7, 11) is 0. The van der Waals surface area contributed by atoms with E-state index in [1.165, 1.54) is 107 Å². The average Bonchev–Trinajstić information content (AvgIpc) is 3.21. The molecule has 2 aliphatic heterocycles. The molecule has 0 unspecified atom stereocenters. The van der Waals surface area contributed by atoms with Crippen molar-refractivity contribution in [3.63, 3.8) is 0 Å². The quantitative estimate of drug-likeness (QED) is 0.138. The molecule has 4 heteroatoms.